The van der Waals surface area contributed by atoms with Gasteiger partial charge in [-0.05, 0) is 31.2 Å². The summed E-state index contributed by atoms with van der Waals surface area (Å²) in [6, 6.07) is 2.17. The molecule has 0 aliphatic carbocycles. The van der Waals surface area contributed by atoms with Crippen molar-refractivity contribution in [2.24, 2.45) is 5.92 Å². The molecule has 0 radical (unpaired) electrons. The van der Waals surface area contributed by atoms with E-state index < -0.39 is 16.6 Å². The molecule has 0 atom stereocenters. The summed E-state index contributed by atoms with van der Waals surface area (Å²) >= 11 is 0. The van der Waals surface area contributed by atoms with Crippen molar-refractivity contribution in [3.63, 3.8) is 0 Å². The van der Waals surface area contributed by atoms with Gasteiger partial charge in [0.25, 0.3) is 11.6 Å². The Labute approximate surface area is 116 Å². The number of carbonyl (C=O) groups is 1. The minimum Gasteiger partial charge on any atom is -0.339 e. The number of hydrogen-bond donors (Lipinski definition) is 0. The number of hydrogen-bond acceptors (Lipinski definition) is 3. The molecule has 1 aliphatic rings. The average molecular weight is 280 g/mol. The van der Waals surface area contributed by atoms with Crippen LogP contribution in [0.4, 0.5) is 10.1 Å². The molecule has 0 saturated carbocycles. The van der Waals surface area contributed by atoms with Crippen molar-refractivity contribution in [1.82, 2.24) is 4.90 Å². The summed E-state index contributed by atoms with van der Waals surface area (Å²) in [6.07, 6.45) is 1.75. The predicted octanol–water partition coefficient (Wildman–Crippen LogP) is 2.91. The molecule has 1 amide bonds. The first kappa shape index (κ1) is 14.4. The molecule has 5 nitrogen and oxygen atoms in total. The number of nitrogens with zero attached hydrogens (tertiary/aromatic N) is 2. The second kappa shape index (κ2) is 5.56. The van der Waals surface area contributed by atoms with Crippen LogP contribution < -0.4 is 0 Å². The number of likely N-dealkylation sites (tertiary alicyclic amines) is 1. The fourth-order valence-corrected chi connectivity index (χ4v) is 2.39. The molecular formula is C14H17FN2O3. The van der Waals surface area contributed by atoms with Gasteiger partial charge < -0.3 is 4.90 Å². The van der Waals surface area contributed by atoms with Crippen LogP contribution in [0.3, 0.4) is 0 Å². The molecule has 0 N–H and O–H groups in total. The quantitative estimate of drug-likeness (QED) is 0.618. The zero-order valence-electron chi connectivity index (χ0n) is 11.6. The topological polar surface area (TPSA) is 63.5 Å². The summed E-state index contributed by atoms with van der Waals surface area (Å²) in [4.78, 5) is 24.1. The lowest BCUT2D eigenvalue weighted by Gasteiger charge is -2.30. The van der Waals surface area contributed by atoms with Gasteiger partial charge in [-0.25, -0.2) is 4.39 Å². The maximum Gasteiger partial charge on any atom is 0.270 e. The van der Waals surface area contributed by atoms with Crippen LogP contribution in [-0.4, -0.2) is 28.8 Å². The molecule has 0 aromatic heterocycles. The van der Waals surface area contributed by atoms with Crippen molar-refractivity contribution in [3.05, 3.63) is 39.2 Å². The van der Waals surface area contributed by atoms with Crippen molar-refractivity contribution < 1.29 is 14.1 Å². The smallest absolute Gasteiger partial charge is 0.270 e. The minimum atomic E-state index is -0.667. The molecule has 6 heteroatoms. The van der Waals surface area contributed by atoms with Gasteiger partial charge in [0.05, 0.1) is 10.5 Å². The molecule has 2 rings (SSSR count). The van der Waals surface area contributed by atoms with Crippen LogP contribution in [-0.2, 0) is 0 Å². The lowest BCUT2D eigenvalue weighted by Crippen LogP contribution is -2.38. The molecule has 108 valence electrons. The van der Waals surface area contributed by atoms with E-state index in [4.69, 9.17) is 0 Å². The summed E-state index contributed by atoms with van der Waals surface area (Å²) in [7, 11) is 0. The molecule has 1 aromatic rings. The Balaban J connectivity index is 2.31. The van der Waals surface area contributed by atoms with Gasteiger partial charge in [0.2, 0.25) is 0 Å². The molecule has 1 fully saturated rings. The lowest BCUT2D eigenvalue weighted by atomic mass is 9.98. The number of non-ortho nitro benzene ring substituents is 1. The van der Waals surface area contributed by atoms with Crippen molar-refractivity contribution in [2.75, 3.05) is 13.1 Å². The summed E-state index contributed by atoms with van der Waals surface area (Å²) in [5.74, 6) is -0.573. The second-order valence-corrected chi connectivity index (χ2v) is 5.36. The highest BCUT2D eigenvalue weighted by Crippen LogP contribution is 2.24. The number of amides is 1. The number of nitro benzene ring substituents is 1. The SMILES string of the molecule is Cc1cc([N+](=O)[O-])cc(C(=O)N2CCC(C)CC2)c1F. The van der Waals surface area contributed by atoms with Crippen LogP contribution in [0.2, 0.25) is 0 Å². The molecule has 1 aromatic carbocycles. The Bertz CT molecular complexity index is 552. The van der Waals surface area contributed by atoms with Crippen LogP contribution >= 0.6 is 0 Å². The van der Waals surface area contributed by atoms with Crippen LogP contribution in [0.1, 0.15) is 35.7 Å². The van der Waals surface area contributed by atoms with Crippen LogP contribution in [0.25, 0.3) is 0 Å². The minimum absolute atomic E-state index is 0.118. The number of aryl methyl sites for hydroxylation is 1. The van der Waals surface area contributed by atoms with E-state index in [1.165, 1.54) is 6.92 Å². The summed E-state index contributed by atoms with van der Waals surface area (Å²) in [5.41, 5.74) is -0.336. The maximum absolute atomic E-state index is 14.1. The van der Waals surface area contributed by atoms with Crippen molar-refractivity contribution in [3.8, 4) is 0 Å². The first-order valence-electron chi connectivity index (χ1n) is 6.64. The van der Waals surface area contributed by atoms with Gasteiger partial charge in [-0.2, -0.15) is 0 Å². The van der Waals surface area contributed by atoms with Gasteiger partial charge in [-0.15, -0.1) is 0 Å². The van der Waals surface area contributed by atoms with Gasteiger partial charge in [-0.3, -0.25) is 14.9 Å². The van der Waals surface area contributed by atoms with E-state index in [2.05, 4.69) is 6.92 Å². The van der Waals surface area contributed by atoms with Gasteiger partial charge in [0, 0.05) is 25.2 Å². The highest BCUT2D eigenvalue weighted by Gasteiger charge is 2.26. The molecule has 1 aliphatic heterocycles. The van der Waals surface area contributed by atoms with E-state index >= 15 is 0 Å². The first-order chi connectivity index (χ1) is 9.40. The average Bonchev–Trinajstić information content (AvgIpc) is 2.41. The Kier molecular flexibility index (Phi) is 4.01. The molecule has 1 heterocycles. The van der Waals surface area contributed by atoms with E-state index in [9.17, 15) is 19.3 Å². The fourth-order valence-electron chi connectivity index (χ4n) is 2.39. The van der Waals surface area contributed by atoms with E-state index in [0.717, 1.165) is 25.0 Å². The standard InChI is InChI=1S/C14H17FN2O3/c1-9-3-5-16(6-4-9)14(18)12-8-11(17(19)20)7-10(2)13(12)15/h7-9H,3-6H2,1-2H3. The molecule has 0 bridgehead atoms. The Morgan fingerprint density at radius 3 is 2.55 bits per heavy atom. The number of benzene rings is 1. The second-order valence-electron chi connectivity index (χ2n) is 5.36. The Morgan fingerprint density at radius 2 is 2.00 bits per heavy atom. The summed E-state index contributed by atoms with van der Waals surface area (Å²) in [5, 5.41) is 10.8. The molecule has 0 unspecified atom stereocenters. The monoisotopic (exact) mass is 280 g/mol. The van der Waals surface area contributed by atoms with Crippen LogP contribution in [0.5, 0.6) is 0 Å². The predicted molar refractivity (Wildman–Crippen MR) is 72.1 cm³/mol. The zero-order chi connectivity index (χ0) is 14.9. The normalized spacial score (nSPS) is 16.2. The van der Waals surface area contributed by atoms with Crippen molar-refractivity contribution >= 4 is 11.6 Å². The maximum atomic E-state index is 14.1. The third kappa shape index (κ3) is 2.79. The first-order valence-corrected chi connectivity index (χ1v) is 6.64. The number of halogens is 1. The van der Waals surface area contributed by atoms with Gasteiger partial charge in [0.15, 0.2) is 0 Å². The van der Waals surface area contributed by atoms with E-state index in [-0.39, 0.29) is 16.8 Å². The number of nitro groups is 1. The van der Waals surface area contributed by atoms with Crippen molar-refractivity contribution in [1.29, 1.82) is 0 Å². The molecule has 1 saturated heterocycles. The third-order valence-corrected chi connectivity index (χ3v) is 3.75. The van der Waals surface area contributed by atoms with E-state index in [1.807, 2.05) is 0 Å². The number of piperidine rings is 1. The highest BCUT2D eigenvalue weighted by atomic mass is 19.1. The van der Waals surface area contributed by atoms with Crippen molar-refractivity contribution in [2.45, 2.75) is 26.7 Å². The summed E-state index contributed by atoms with van der Waals surface area (Å²) < 4.78 is 14.1. The summed E-state index contributed by atoms with van der Waals surface area (Å²) in [6.45, 7) is 4.68. The zero-order valence-corrected chi connectivity index (χ0v) is 11.6. The molecular weight excluding hydrogens is 263 g/mol. The van der Waals surface area contributed by atoms with Gasteiger partial charge >= 0.3 is 0 Å². The highest BCUT2D eigenvalue weighted by molar-refractivity contribution is 5.95. The lowest BCUT2D eigenvalue weighted by molar-refractivity contribution is -0.385. The molecule has 0 spiro atoms. The van der Waals surface area contributed by atoms with E-state index in [1.54, 1.807) is 4.90 Å². The van der Waals surface area contributed by atoms with Gasteiger partial charge in [-0.1, -0.05) is 6.92 Å². The van der Waals surface area contributed by atoms with E-state index in [0.29, 0.717) is 19.0 Å². The fraction of sp³-hybridized carbons (Fsp3) is 0.500. The number of rotatable bonds is 2. The Morgan fingerprint density at radius 1 is 1.40 bits per heavy atom. The molecule has 20 heavy (non-hydrogen) atoms. The number of carbonyl (C=O) groups excluding carboxylic acids is 1. The third-order valence-electron chi connectivity index (χ3n) is 3.75. The van der Waals surface area contributed by atoms with Gasteiger partial charge in [0.1, 0.15) is 5.82 Å². The van der Waals surface area contributed by atoms with Crippen LogP contribution in [0.15, 0.2) is 12.1 Å². The van der Waals surface area contributed by atoms with Crippen LogP contribution in [0, 0.1) is 28.8 Å². The Hall–Kier alpha value is -1.98. The largest absolute Gasteiger partial charge is 0.339 e.